The van der Waals surface area contributed by atoms with Gasteiger partial charge in [-0.3, -0.25) is 14.0 Å². The number of rotatable bonds is 2. The Morgan fingerprint density at radius 2 is 1.85 bits per heavy atom. The second-order valence-corrected chi connectivity index (χ2v) is 5.79. The minimum absolute atomic E-state index is 0.0665. The average Bonchev–Trinajstić information content (AvgIpc) is 3.10. The Morgan fingerprint density at radius 3 is 2.50 bits per heavy atom. The molecule has 132 valence electrons. The summed E-state index contributed by atoms with van der Waals surface area (Å²) < 4.78 is 3.39. The molecule has 5 heteroatoms. The number of benzene rings is 1. The Hall–Kier alpha value is -3.21. The maximum Gasteiger partial charge on any atom is 0.264 e. The van der Waals surface area contributed by atoms with E-state index < -0.39 is 0 Å². The van der Waals surface area contributed by atoms with E-state index in [1.165, 1.54) is 0 Å². The summed E-state index contributed by atoms with van der Waals surface area (Å²) in [6.45, 7) is 5.92. The van der Waals surface area contributed by atoms with E-state index in [2.05, 4.69) is 10.1 Å². The van der Waals surface area contributed by atoms with Gasteiger partial charge in [-0.05, 0) is 36.1 Å². The molecule has 4 rings (SSSR count). The van der Waals surface area contributed by atoms with Crippen molar-refractivity contribution in [2.45, 2.75) is 20.8 Å². The zero-order chi connectivity index (χ0) is 18.7. The predicted molar refractivity (Wildman–Crippen MR) is 106 cm³/mol. The van der Waals surface area contributed by atoms with E-state index in [0.29, 0.717) is 11.2 Å². The van der Waals surface area contributed by atoms with Crippen LogP contribution in [0.15, 0.2) is 65.8 Å². The minimum Gasteiger partial charge on any atom is -0.275 e. The van der Waals surface area contributed by atoms with E-state index in [9.17, 15) is 4.79 Å². The number of pyridine rings is 2. The molecule has 0 fully saturated rings. The molecule has 0 saturated heterocycles. The Bertz CT molecular complexity index is 1090. The van der Waals surface area contributed by atoms with Crippen LogP contribution in [0.1, 0.15) is 19.5 Å². The third-order valence-corrected chi connectivity index (χ3v) is 4.12. The van der Waals surface area contributed by atoms with Crippen molar-refractivity contribution < 1.29 is 0 Å². The maximum atomic E-state index is 13.2. The summed E-state index contributed by atoms with van der Waals surface area (Å²) in [5.74, 6) is 0.628. The summed E-state index contributed by atoms with van der Waals surface area (Å²) in [4.78, 5) is 17.6. The van der Waals surface area contributed by atoms with Gasteiger partial charge in [0, 0.05) is 30.7 Å². The first-order valence-electron chi connectivity index (χ1n) is 8.71. The first-order valence-corrected chi connectivity index (χ1v) is 8.71. The summed E-state index contributed by atoms with van der Waals surface area (Å²) in [5.41, 5.74) is 2.60. The molecule has 0 spiro atoms. The predicted octanol–water partition coefficient (Wildman–Crippen LogP) is 4.12. The number of nitrogens with zero attached hydrogens (tertiary/aromatic N) is 4. The monoisotopic (exact) mass is 346 g/mol. The molecule has 4 aromatic rings. The normalized spacial score (nSPS) is 10.5. The first-order chi connectivity index (χ1) is 12.6. The summed E-state index contributed by atoms with van der Waals surface area (Å²) in [6, 6.07) is 13.5. The standard InChI is InChI=1S/C19H16N4O.C2H6/c1-13-10-14-6-5-7-16(15-11-21-22(2)12-15)18(14)19(24)23(13)17-8-3-4-9-20-17;1-2/h3-12H,1-2H3;1-2H3. The lowest BCUT2D eigenvalue weighted by Crippen LogP contribution is -2.22. The fourth-order valence-corrected chi connectivity index (χ4v) is 3.06. The molecule has 0 N–H and O–H groups in total. The van der Waals surface area contributed by atoms with Crippen molar-refractivity contribution in [3.8, 4) is 16.9 Å². The summed E-state index contributed by atoms with van der Waals surface area (Å²) >= 11 is 0. The number of hydrogen-bond acceptors (Lipinski definition) is 3. The lowest BCUT2D eigenvalue weighted by molar-refractivity contribution is 0.768. The van der Waals surface area contributed by atoms with Crippen molar-refractivity contribution in [3.63, 3.8) is 0 Å². The molecule has 0 bridgehead atoms. The van der Waals surface area contributed by atoms with Crippen LogP contribution in [0.5, 0.6) is 0 Å². The van der Waals surface area contributed by atoms with Crippen molar-refractivity contribution in [2.75, 3.05) is 0 Å². The highest BCUT2D eigenvalue weighted by Crippen LogP contribution is 2.26. The Balaban J connectivity index is 0.000000948. The van der Waals surface area contributed by atoms with E-state index in [1.54, 1.807) is 21.6 Å². The van der Waals surface area contributed by atoms with Crippen LogP contribution in [0.4, 0.5) is 0 Å². The van der Waals surface area contributed by atoms with Crippen molar-refractivity contribution in [1.82, 2.24) is 19.3 Å². The Labute approximate surface area is 152 Å². The molecule has 0 radical (unpaired) electrons. The van der Waals surface area contributed by atoms with Gasteiger partial charge in [0.2, 0.25) is 0 Å². The highest BCUT2D eigenvalue weighted by molar-refractivity contribution is 5.96. The maximum absolute atomic E-state index is 13.2. The van der Waals surface area contributed by atoms with Crippen LogP contribution in [0.2, 0.25) is 0 Å². The van der Waals surface area contributed by atoms with Gasteiger partial charge in [-0.2, -0.15) is 5.10 Å². The number of aryl methyl sites for hydroxylation is 2. The van der Waals surface area contributed by atoms with Crippen LogP contribution < -0.4 is 5.56 Å². The Kier molecular flexibility index (Phi) is 4.98. The third kappa shape index (κ3) is 3.04. The van der Waals surface area contributed by atoms with Gasteiger partial charge in [0.15, 0.2) is 0 Å². The van der Waals surface area contributed by atoms with E-state index in [4.69, 9.17) is 0 Å². The fraction of sp³-hybridized carbons (Fsp3) is 0.190. The lowest BCUT2D eigenvalue weighted by atomic mass is 10.0. The van der Waals surface area contributed by atoms with Gasteiger partial charge in [-0.25, -0.2) is 4.98 Å². The first kappa shape index (κ1) is 17.6. The van der Waals surface area contributed by atoms with E-state index >= 15 is 0 Å². The molecule has 0 aliphatic carbocycles. The number of fused-ring (bicyclic) bond motifs is 1. The van der Waals surface area contributed by atoms with Crippen LogP contribution in [0, 0.1) is 6.92 Å². The van der Waals surface area contributed by atoms with Crippen LogP contribution in [-0.4, -0.2) is 19.3 Å². The number of aromatic nitrogens is 4. The van der Waals surface area contributed by atoms with E-state index in [0.717, 1.165) is 22.2 Å². The second kappa shape index (κ2) is 7.35. The molecule has 26 heavy (non-hydrogen) atoms. The van der Waals surface area contributed by atoms with Crippen molar-refractivity contribution >= 4 is 10.8 Å². The van der Waals surface area contributed by atoms with Crippen LogP contribution in [0.3, 0.4) is 0 Å². The molecule has 3 aromatic heterocycles. The van der Waals surface area contributed by atoms with E-state index in [-0.39, 0.29) is 5.56 Å². The Morgan fingerprint density at radius 1 is 1.04 bits per heavy atom. The van der Waals surface area contributed by atoms with Gasteiger partial charge in [0.1, 0.15) is 5.82 Å². The minimum atomic E-state index is -0.0665. The smallest absolute Gasteiger partial charge is 0.264 e. The zero-order valence-corrected chi connectivity index (χ0v) is 15.5. The molecular weight excluding hydrogens is 324 g/mol. The third-order valence-electron chi connectivity index (χ3n) is 4.12. The zero-order valence-electron chi connectivity index (χ0n) is 15.5. The molecule has 0 atom stereocenters. The van der Waals surface area contributed by atoms with E-state index in [1.807, 2.05) is 76.5 Å². The molecule has 1 aromatic carbocycles. The largest absolute Gasteiger partial charge is 0.275 e. The average molecular weight is 346 g/mol. The quantitative estimate of drug-likeness (QED) is 0.548. The molecule has 0 aliphatic heterocycles. The highest BCUT2D eigenvalue weighted by Gasteiger charge is 2.14. The second-order valence-electron chi connectivity index (χ2n) is 5.79. The molecule has 3 heterocycles. The fourth-order valence-electron chi connectivity index (χ4n) is 3.06. The van der Waals surface area contributed by atoms with Crippen LogP contribution >= 0.6 is 0 Å². The van der Waals surface area contributed by atoms with Gasteiger partial charge in [-0.15, -0.1) is 0 Å². The van der Waals surface area contributed by atoms with Gasteiger partial charge < -0.3 is 0 Å². The summed E-state index contributed by atoms with van der Waals surface area (Å²) in [6.07, 6.45) is 5.39. The SMILES string of the molecule is CC.Cc1cc2cccc(-c3cnn(C)c3)c2c(=O)n1-c1ccccn1. The lowest BCUT2D eigenvalue weighted by Gasteiger charge is -2.12. The van der Waals surface area contributed by atoms with Gasteiger partial charge in [-0.1, -0.05) is 38.1 Å². The van der Waals surface area contributed by atoms with Gasteiger partial charge in [0.25, 0.3) is 5.56 Å². The summed E-state index contributed by atoms with van der Waals surface area (Å²) in [5, 5.41) is 5.83. The molecule has 0 aliphatic rings. The van der Waals surface area contributed by atoms with Crippen LogP contribution in [-0.2, 0) is 7.05 Å². The molecule has 0 amide bonds. The molecule has 0 saturated carbocycles. The molecular formula is C21H22N4O. The topological polar surface area (TPSA) is 52.7 Å². The van der Waals surface area contributed by atoms with Gasteiger partial charge >= 0.3 is 0 Å². The summed E-state index contributed by atoms with van der Waals surface area (Å²) in [7, 11) is 1.87. The highest BCUT2D eigenvalue weighted by atomic mass is 16.1. The van der Waals surface area contributed by atoms with Crippen molar-refractivity contribution in [3.05, 3.63) is 77.1 Å². The van der Waals surface area contributed by atoms with Crippen molar-refractivity contribution in [2.24, 2.45) is 7.05 Å². The van der Waals surface area contributed by atoms with Gasteiger partial charge in [0.05, 0.1) is 11.6 Å². The van der Waals surface area contributed by atoms with Crippen molar-refractivity contribution in [1.29, 1.82) is 0 Å². The number of hydrogen-bond donors (Lipinski definition) is 0. The molecule has 5 nitrogen and oxygen atoms in total. The molecule has 0 unspecified atom stereocenters. The van der Waals surface area contributed by atoms with Crippen LogP contribution in [0.25, 0.3) is 27.7 Å².